The zero-order valence-corrected chi connectivity index (χ0v) is 15.7. The number of carbonyl (C=O) groups is 1. The Morgan fingerprint density at radius 2 is 1.96 bits per heavy atom. The molecule has 0 aromatic rings. The Hall–Kier alpha value is -1.49. The number of ether oxygens (including phenoxy) is 1. The lowest BCUT2D eigenvalue weighted by molar-refractivity contribution is -0.0446. The second kappa shape index (κ2) is 5.80. The summed E-state index contributed by atoms with van der Waals surface area (Å²) in [5.41, 5.74) is 1.43. The van der Waals surface area contributed by atoms with E-state index in [0.29, 0.717) is 5.92 Å². The molecule has 134 valence electrons. The maximum Gasteiger partial charge on any atom is 0.325 e. The van der Waals surface area contributed by atoms with Gasteiger partial charge in [-0.15, -0.1) is 0 Å². The Morgan fingerprint density at radius 3 is 2.58 bits per heavy atom. The fraction of sp³-hybridized carbons (Fsp3) is 0.737. The summed E-state index contributed by atoms with van der Waals surface area (Å²) in [6.45, 7) is 13.6. The first-order valence-corrected chi connectivity index (χ1v) is 8.93. The van der Waals surface area contributed by atoms with Gasteiger partial charge in [0.1, 0.15) is 12.4 Å². The average Bonchev–Trinajstić information content (AvgIpc) is 3.01. The van der Waals surface area contributed by atoms with Crippen LogP contribution < -0.4 is 10.6 Å². The highest BCUT2D eigenvalue weighted by Gasteiger charge is 2.46. The van der Waals surface area contributed by atoms with Crippen molar-refractivity contribution in [1.29, 1.82) is 0 Å². The molecule has 24 heavy (non-hydrogen) atoms. The van der Waals surface area contributed by atoms with Crippen LogP contribution in [0, 0.1) is 16.7 Å². The summed E-state index contributed by atoms with van der Waals surface area (Å²) < 4.78 is 6.41. The minimum atomic E-state index is -0.191. The van der Waals surface area contributed by atoms with Crippen LogP contribution in [0.5, 0.6) is 0 Å². The van der Waals surface area contributed by atoms with Crippen LogP contribution in [0.25, 0.3) is 0 Å². The SMILES string of the molecule is CC(C)(C)C[C@H]1O[C@@H](N2C=C3C=CNC3NC2=O)C[C@H]1C(C)(C)C. The lowest BCUT2D eigenvalue weighted by atomic mass is 9.73. The summed E-state index contributed by atoms with van der Waals surface area (Å²) in [6.07, 6.45) is 7.57. The number of urea groups is 1. The van der Waals surface area contributed by atoms with Gasteiger partial charge in [-0.3, -0.25) is 4.90 Å². The Balaban J connectivity index is 1.81. The summed E-state index contributed by atoms with van der Waals surface area (Å²) in [5, 5.41) is 6.11. The summed E-state index contributed by atoms with van der Waals surface area (Å²) in [5.74, 6) is 0.433. The first-order valence-electron chi connectivity index (χ1n) is 8.93. The van der Waals surface area contributed by atoms with Gasteiger partial charge in [-0.25, -0.2) is 4.79 Å². The van der Waals surface area contributed by atoms with Crippen LogP contribution in [-0.4, -0.2) is 29.4 Å². The van der Waals surface area contributed by atoms with Gasteiger partial charge in [0.2, 0.25) is 0 Å². The molecule has 2 amide bonds. The van der Waals surface area contributed by atoms with Crippen molar-refractivity contribution in [2.24, 2.45) is 16.7 Å². The number of hydrogen-bond donors (Lipinski definition) is 2. The van der Waals surface area contributed by atoms with E-state index in [0.717, 1.165) is 18.4 Å². The molecule has 1 saturated heterocycles. The fourth-order valence-electron chi connectivity index (χ4n) is 3.91. The minimum absolute atomic E-state index is 0.0889. The summed E-state index contributed by atoms with van der Waals surface area (Å²) in [4.78, 5) is 14.2. The van der Waals surface area contributed by atoms with E-state index in [1.165, 1.54) is 0 Å². The number of rotatable bonds is 2. The Bertz CT molecular complexity index is 568. The van der Waals surface area contributed by atoms with Crippen molar-refractivity contribution in [2.75, 3.05) is 0 Å². The van der Waals surface area contributed by atoms with E-state index in [4.69, 9.17) is 4.74 Å². The van der Waals surface area contributed by atoms with E-state index in [1.807, 2.05) is 18.5 Å². The predicted octanol–water partition coefficient (Wildman–Crippen LogP) is 3.55. The third kappa shape index (κ3) is 3.46. The third-order valence-corrected chi connectivity index (χ3v) is 5.13. The topological polar surface area (TPSA) is 53.6 Å². The van der Waals surface area contributed by atoms with Gasteiger partial charge in [0.25, 0.3) is 0 Å². The molecule has 0 bridgehead atoms. The van der Waals surface area contributed by atoms with Crippen LogP contribution in [-0.2, 0) is 4.74 Å². The lowest BCUT2D eigenvalue weighted by Gasteiger charge is -2.34. The molecule has 1 unspecified atom stereocenters. The highest BCUT2D eigenvalue weighted by molar-refractivity contribution is 5.78. The highest BCUT2D eigenvalue weighted by Crippen LogP contribution is 2.44. The summed E-state index contributed by atoms with van der Waals surface area (Å²) >= 11 is 0. The van der Waals surface area contributed by atoms with Crippen molar-refractivity contribution < 1.29 is 9.53 Å². The van der Waals surface area contributed by atoms with Crippen molar-refractivity contribution in [3.63, 3.8) is 0 Å². The third-order valence-electron chi connectivity index (χ3n) is 5.13. The summed E-state index contributed by atoms with van der Waals surface area (Å²) in [6, 6.07) is -0.0889. The van der Waals surface area contributed by atoms with Gasteiger partial charge in [0.05, 0.1) is 6.10 Å². The average molecular weight is 333 g/mol. The van der Waals surface area contributed by atoms with Crippen LogP contribution in [0.4, 0.5) is 4.79 Å². The van der Waals surface area contributed by atoms with Crippen molar-refractivity contribution in [3.05, 3.63) is 24.0 Å². The Morgan fingerprint density at radius 1 is 1.25 bits per heavy atom. The largest absolute Gasteiger partial charge is 0.368 e. The molecule has 3 aliphatic rings. The van der Waals surface area contributed by atoms with E-state index in [2.05, 4.69) is 52.2 Å². The molecule has 4 atom stereocenters. The maximum atomic E-state index is 12.5. The van der Waals surface area contributed by atoms with Crippen molar-refractivity contribution in [2.45, 2.75) is 72.9 Å². The molecule has 3 aliphatic heterocycles. The second-order valence-electron chi connectivity index (χ2n) is 9.52. The second-order valence-corrected chi connectivity index (χ2v) is 9.52. The van der Waals surface area contributed by atoms with Crippen LogP contribution in [0.15, 0.2) is 24.0 Å². The van der Waals surface area contributed by atoms with Crippen molar-refractivity contribution in [3.8, 4) is 0 Å². The van der Waals surface area contributed by atoms with E-state index in [1.54, 1.807) is 4.90 Å². The predicted molar refractivity (Wildman–Crippen MR) is 94.8 cm³/mol. The highest BCUT2D eigenvalue weighted by atomic mass is 16.5. The lowest BCUT2D eigenvalue weighted by Crippen LogP contribution is -2.53. The van der Waals surface area contributed by atoms with Crippen LogP contribution in [0.3, 0.4) is 0 Å². The van der Waals surface area contributed by atoms with E-state index >= 15 is 0 Å². The van der Waals surface area contributed by atoms with Crippen LogP contribution >= 0.6 is 0 Å². The Kier molecular flexibility index (Phi) is 4.19. The number of nitrogens with zero attached hydrogens (tertiary/aromatic N) is 1. The van der Waals surface area contributed by atoms with Crippen LogP contribution in [0.1, 0.15) is 54.4 Å². The zero-order chi connectivity index (χ0) is 17.7. The molecule has 3 rings (SSSR count). The molecule has 0 spiro atoms. The minimum Gasteiger partial charge on any atom is -0.368 e. The van der Waals surface area contributed by atoms with Crippen molar-refractivity contribution >= 4 is 6.03 Å². The van der Waals surface area contributed by atoms with Crippen LogP contribution in [0.2, 0.25) is 0 Å². The van der Waals surface area contributed by atoms with Gasteiger partial charge in [0.15, 0.2) is 0 Å². The van der Waals surface area contributed by atoms with Gasteiger partial charge in [-0.2, -0.15) is 0 Å². The molecule has 0 aromatic heterocycles. The first kappa shape index (κ1) is 17.3. The normalized spacial score (nSPS) is 33.2. The molecule has 1 fully saturated rings. The molecule has 5 nitrogen and oxygen atoms in total. The quantitative estimate of drug-likeness (QED) is 0.812. The molecule has 0 aromatic carbocycles. The standard InChI is InChI=1S/C19H31N3O2/c1-18(2,3)10-14-13(19(4,5)6)9-15(24-14)22-11-12-7-8-20-16(12)21-17(22)23/h7-8,11,13-16,20H,9-10H2,1-6H3,(H,21,23)/t13-,14-,15-,16?/m1/s1. The van der Waals surface area contributed by atoms with E-state index in [9.17, 15) is 4.79 Å². The zero-order valence-electron chi connectivity index (χ0n) is 15.7. The maximum absolute atomic E-state index is 12.5. The number of amides is 2. The molecule has 3 heterocycles. The molecular weight excluding hydrogens is 302 g/mol. The number of fused-ring (bicyclic) bond motifs is 1. The number of hydrogen-bond acceptors (Lipinski definition) is 3. The van der Waals surface area contributed by atoms with Gasteiger partial charge >= 0.3 is 6.03 Å². The van der Waals surface area contributed by atoms with E-state index in [-0.39, 0.29) is 35.4 Å². The first-order chi connectivity index (χ1) is 11.0. The summed E-state index contributed by atoms with van der Waals surface area (Å²) in [7, 11) is 0. The number of nitrogens with one attached hydrogen (secondary N) is 2. The van der Waals surface area contributed by atoms with Crippen molar-refractivity contribution in [1.82, 2.24) is 15.5 Å². The van der Waals surface area contributed by atoms with Gasteiger partial charge in [0, 0.05) is 11.8 Å². The van der Waals surface area contributed by atoms with Gasteiger partial charge < -0.3 is 15.4 Å². The molecule has 2 N–H and O–H groups in total. The molecule has 0 radical (unpaired) electrons. The van der Waals surface area contributed by atoms with Gasteiger partial charge in [-0.05, 0) is 41.9 Å². The molecular formula is C19H31N3O2. The molecule has 0 aliphatic carbocycles. The number of carbonyl (C=O) groups excluding carboxylic acids is 1. The molecule has 5 heteroatoms. The monoisotopic (exact) mass is 333 g/mol. The fourth-order valence-corrected chi connectivity index (χ4v) is 3.91. The Labute approximate surface area is 145 Å². The van der Waals surface area contributed by atoms with E-state index < -0.39 is 0 Å². The molecule has 0 saturated carbocycles. The smallest absolute Gasteiger partial charge is 0.325 e. The van der Waals surface area contributed by atoms with Gasteiger partial charge in [-0.1, -0.05) is 41.5 Å².